The van der Waals surface area contributed by atoms with Gasteiger partial charge in [-0.3, -0.25) is 4.79 Å². The lowest BCUT2D eigenvalue weighted by atomic mass is 9.84. The Balaban J connectivity index is 1.32. The highest BCUT2D eigenvalue weighted by Crippen LogP contribution is 2.39. The molecule has 1 saturated carbocycles. The molecule has 9 nitrogen and oxygen atoms in total. The number of hydrogen-bond donors (Lipinski definition) is 0. The molecule has 1 saturated heterocycles. The van der Waals surface area contributed by atoms with E-state index in [4.69, 9.17) is 13.9 Å². The molecule has 0 bridgehead atoms. The number of rotatable bonds is 10. The van der Waals surface area contributed by atoms with Crippen LogP contribution in [0, 0.1) is 11.7 Å². The van der Waals surface area contributed by atoms with Crippen LogP contribution in [0.1, 0.15) is 63.8 Å². The Morgan fingerprint density at radius 1 is 1.09 bits per heavy atom. The molecule has 1 aliphatic heterocycles. The predicted molar refractivity (Wildman–Crippen MR) is 173 cm³/mol. The maximum Gasteiger partial charge on any atom is 0.410 e. The summed E-state index contributed by atoms with van der Waals surface area (Å²) in [5, 5.41) is 0.536. The molecule has 2 amide bonds. The number of methoxy groups -OCH3 is 1. The fraction of sp³-hybridized carbons (Fsp3) is 0.472. The van der Waals surface area contributed by atoms with E-state index in [1.54, 1.807) is 24.3 Å². The first-order chi connectivity index (χ1) is 22.1. The molecule has 4 aromatic rings. The summed E-state index contributed by atoms with van der Waals surface area (Å²) >= 11 is 0. The van der Waals surface area contributed by atoms with Gasteiger partial charge in [0.2, 0.25) is 5.91 Å². The minimum Gasteiger partial charge on any atom is -0.444 e. The molecule has 2 atom stereocenters. The van der Waals surface area contributed by atoms with E-state index in [2.05, 4.69) is 4.98 Å². The number of likely N-dealkylation sites (tertiary alicyclic amines) is 1. The van der Waals surface area contributed by atoms with Crippen molar-refractivity contribution in [2.45, 2.75) is 77.1 Å². The molecule has 0 radical (unpaired) electrons. The SMILES string of the molecule is COCCCn1cc(CN(C(=O)[C@H]2CN(C(=O)OC(C)(C)C)CC[C@@H]2c2ncc(-c3ccccc3)o2)C2CC2)c2c(F)cccc21. The topological polar surface area (TPSA) is 90.0 Å². The van der Waals surface area contributed by atoms with Crippen LogP contribution >= 0.6 is 0 Å². The molecule has 6 rings (SSSR count). The molecule has 2 aromatic heterocycles. The quantitative estimate of drug-likeness (QED) is 0.175. The van der Waals surface area contributed by atoms with E-state index in [1.807, 2.05) is 72.8 Å². The van der Waals surface area contributed by atoms with Crippen molar-refractivity contribution in [1.29, 1.82) is 0 Å². The fourth-order valence-electron chi connectivity index (χ4n) is 6.43. The second kappa shape index (κ2) is 13.3. The zero-order valence-electron chi connectivity index (χ0n) is 27.1. The minimum atomic E-state index is -0.665. The second-order valence-corrected chi connectivity index (χ2v) is 13.4. The lowest BCUT2D eigenvalue weighted by Crippen LogP contribution is -2.51. The first kappa shape index (κ1) is 31.8. The third kappa shape index (κ3) is 6.97. The molecule has 2 aliphatic rings. The maximum atomic E-state index is 15.4. The standard InChI is InChI=1S/C36H43FN4O5/c1-36(2,3)46-35(43)40-18-16-27(33-38-20-31(45-33)24-10-6-5-7-11-24)28(23-40)34(42)41(26-14-15-26)22-25-21-39(17-9-19-44-4)30-13-8-12-29(37)32(25)30/h5-8,10-13,20-21,26-28H,9,14-19,22-23H2,1-4H3/t27-,28-/m0/s1. The van der Waals surface area contributed by atoms with E-state index < -0.39 is 17.6 Å². The Morgan fingerprint density at radius 3 is 2.59 bits per heavy atom. The van der Waals surface area contributed by atoms with E-state index in [0.717, 1.165) is 35.9 Å². The number of halogens is 1. The smallest absolute Gasteiger partial charge is 0.410 e. The molecular weight excluding hydrogens is 587 g/mol. The van der Waals surface area contributed by atoms with Gasteiger partial charge in [0.15, 0.2) is 11.7 Å². The molecule has 2 aromatic carbocycles. The fourth-order valence-corrected chi connectivity index (χ4v) is 6.43. The van der Waals surface area contributed by atoms with E-state index in [9.17, 15) is 9.59 Å². The van der Waals surface area contributed by atoms with Gasteiger partial charge >= 0.3 is 6.09 Å². The Kier molecular flexibility index (Phi) is 9.18. The van der Waals surface area contributed by atoms with Crippen LogP contribution in [-0.2, 0) is 27.4 Å². The summed E-state index contributed by atoms with van der Waals surface area (Å²) in [4.78, 5) is 36.0. The summed E-state index contributed by atoms with van der Waals surface area (Å²) in [7, 11) is 1.67. The Labute approximate surface area is 269 Å². The molecule has 0 N–H and O–H groups in total. The Morgan fingerprint density at radius 2 is 1.87 bits per heavy atom. The van der Waals surface area contributed by atoms with Gasteiger partial charge in [-0.25, -0.2) is 14.2 Å². The van der Waals surface area contributed by atoms with Gasteiger partial charge in [0.05, 0.1) is 23.5 Å². The van der Waals surface area contributed by atoms with E-state index in [1.165, 1.54) is 6.07 Å². The number of benzene rings is 2. The summed E-state index contributed by atoms with van der Waals surface area (Å²) in [5.74, 6) is -0.219. The summed E-state index contributed by atoms with van der Waals surface area (Å²) in [6.07, 6.45) is 6.27. The average Bonchev–Trinajstić information content (AvgIpc) is 3.64. The highest BCUT2D eigenvalue weighted by Gasteiger charge is 2.45. The number of nitrogens with zero attached hydrogens (tertiary/aromatic N) is 4. The Bertz CT molecular complexity index is 1670. The van der Waals surface area contributed by atoms with E-state index in [-0.39, 0.29) is 36.8 Å². The molecule has 0 spiro atoms. The van der Waals surface area contributed by atoms with Crippen molar-refractivity contribution in [3.63, 3.8) is 0 Å². The highest BCUT2D eigenvalue weighted by atomic mass is 19.1. The molecule has 244 valence electrons. The van der Waals surface area contributed by atoms with Crippen molar-refractivity contribution in [3.8, 4) is 11.3 Å². The van der Waals surface area contributed by atoms with Crippen LogP contribution < -0.4 is 0 Å². The van der Waals surface area contributed by atoms with Gasteiger partial charge in [-0.15, -0.1) is 0 Å². The second-order valence-electron chi connectivity index (χ2n) is 13.4. The number of hydrogen-bond acceptors (Lipinski definition) is 6. The van der Waals surface area contributed by atoms with E-state index >= 15 is 4.39 Å². The van der Waals surface area contributed by atoms with Crippen molar-refractivity contribution >= 4 is 22.9 Å². The molecule has 10 heteroatoms. The van der Waals surface area contributed by atoms with Crippen LogP contribution in [0.25, 0.3) is 22.2 Å². The van der Waals surface area contributed by atoms with Gasteiger partial charge in [0.1, 0.15) is 11.4 Å². The third-order valence-electron chi connectivity index (χ3n) is 8.77. The number of piperidine rings is 1. The molecule has 46 heavy (non-hydrogen) atoms. The van der Waals surface area contributed by atoms with Crippen molar-refractivity contribution in [2.75, 3.05) is 26.8 Å². The zero-order chi connectivity index (χ0) is 32.4. The van der Waals surface area contributed by atoms with Gasteiger partial charge in [0, 0.05) is 63.1 Å². The third-order valence-corrected chi connectivity index (χ3v) is 8.77. The number of oxazole rings is 1. The van der Waals surface area contributed by atoms with Crippen molar-refractivity contribution in [2.24, 2.45) is 5.92 Å². The summed E-state index contributed by atoms with van der Waals surface area (Å²) in [5.41, 5.74) is 1.81. The number of carbonyl (C=O) groups excluding carboxylic acids is 2. The Hall–Kier alpha value is -4.18. The molecular formula is C36H43FN4O5. The van der Waals surface area contributed by atoms with Gasteiger partial charge in [0.25, 0.3) is 0 Å². The number of fused-ring (bicyclic) bond motifs is 1. The van der Waals surface area contributed by atoms with Crippen LogP contribution in [-0.4, -0.2) is 69.8 Å². The number of aryl methyl sites for hydroxylation is 1. The van der Waals surface area contributed by atoms with Gasteiger partial charge < -0.3 is 28.3 Å². The lowest BCUT2D eigenvalue weighted by molar-refractivity contribution is -0.139. The van der Waals surface area contributed by atoms with Gasteiger partial charge in [-0.05, 0) is 64.2 Å². The van der Waals surface area contributed by atoms with Crippen molar-refractivity contribution in [3.05, 3.63) is 78.2 Å². The lowest BCUT2D eigenvalue weighted by Gasteiger charge is -2.39. The van der Waals surface area contributed by atoms with Crippen LogP contribution in [0.3, 0.4) is 0 Å². The number of aromatic nitrogens is 2. The largest absolute Gasteiger partial charge is 0.444 e. The normalized spacial score (nSPS) is 18.6. The zero-order valence-corrected chi connectivity index (χ0v) is 27.1. The average molecular weight is 631 g/mol. The van der Waals surface area contributed by atoms with Gasteiger partial charge in [-0.2, -0.15) is 0 Å². The molecule has 3 heterocycles. The first-order valence-electron chi connectivity index (χ1n) is 16.2. The minimum absolute atomic E-state index is 0.0492. The molecule has 0 unspecified atom stereocenters. The van der Waals surface area contributed by atoms with Gasteiger partial charge in [-0.1, -0.05) is 36.4 Å². The van der Waals surface area contributed by atoms with Crippen LogP contribution in [0.15, 0.2) is 65.3 Å². The first-order valence-corrected chi connectivity index (χ1v) is 16.2. The molecule has 2 fully saturated rings. The van der Waals surface area contributed by atoms with Crippen LogP contribution in [0.2, 0.25) is 0 Å². The predicted octanol–water partition coefficient (Wildman–Crippen LogP) is 7.00. The van der Waals surface area contributed by atoms with Crippen LogP contribution in [0.5, 0.6) is 0 Å². The maximum absolute atomic E-state index is 15.4. The number of amides is 2. The number of ether oxygens (including phenoxy) is 2. The highest BCUT2D eigenvalue weighted by molar-refractivity contribution is 5.86. The molecule has 1 aliphatic carbocycles. The summed E-state index contributed by atoms with van der Waals surface area (Å²) in [6.45, 7) is 7.63. The summed E-state index contributed by atoms with van der Waals surface area (Å²) in [6, 6.07) is 14.9. The number of carbonyl (C=O) groups is 2. The summed E-state index contributed by atoms with van der Waals surface area (Å²) < 4.78 is 34.6. The van der Waals surface area contributed by atoms with E-state index in [0.29, 0.717) is 43.2 Å². The van der Waals surface area contributed by atoms with Crippen LogP contribution in [0.4, 0.5) is 9.18 Å². The monoisotopic (exact) mass is 630 g/mol. The van der Waals surface area contributed by atoms with Crippen molar-refractivity contribution < 1.29 is 27.9 Å². The van der Waals surface area contributed by atoms with Crippen molar-refractivity contribution in [1.82, 2.24) is 19.4 Å².